The normalized spacial score (nSPS) is 19.2. The molecule has 0 aromatic carbocycles. The maximum absolute atomic E-state index is 9.60. The molecule has 0 bridgehead atoms. The van der Waals surface area contributed by atoms with Gasteiger partial charge in [-0.25, -0.2) is 4.98 Å². The number of aryl methyl sites for hydroxylation is 1. The highest BCUT2D eigenvalue weighted by Gasteiger charge is 2.29. The highest BCUT2D eigenvalue weighted by atomic mass is 79.9. The van der Waals surface area contributed by atoms with Gasteiger partial charge in [-0.05, 0) is 36.7 Å². The molecule has 0 radical (unpaired) electrons. The first-order valence-electron chi connectivity index (χ1n) is 7.02. The first-order chi connectivity index (χ1) is 9.45. The summed E-state index contributed by atoms with van der Waals surface area (Å²) in [7, 11) is 1.97. The zero-order valence-corrected chi connectivity index (χ0v) is 14.2. The van der Waals surface area contributed by atoms with Crippen LogP contribution in [0.15, 0.2) is 4.60 Å². The van der Waals surface area contributed by atoms with Gasteiger partial charge in [-0.2, -0.15) is 5.26 Å². The Kier molecular flexibility index (Phi) is 4.84. The molecule has 1 atom stereocenters. The Morgan fingerprint density at radius 2 is 1.75 bits per heavy atom. The molecule has 1 aromatic rings. The van der Waals surface area contributed by atoms with Gasteiger partial charge < -0.3 is 4.57 Å². The third-order valence-corrected chi connectivity index (χ3v) is 4.73. The fraction of sp³-hybridized carbons (Fsp3) is 0.714. The van der Waals surface area contributed by atoms with Gasteiger partial charge in [0.15, 0.2) is 0 Å². The minimum Gasteiger partial charge on any atom is -0.332 e. The van der Waals surface area contributed by atoms with E-state index in [1.54, 1.807) is 0 Å². The van der Waals surface area contributed by atoms with Crippen LogP contribution in [0.5, 0.6) is 0 Å². The van der Waals surface area contributed by atoms with Crippen LogP contribution < -0.4 is 0 Å². The number of hydrogen-bond donors (Lipinski definition) is 0. The molecule has 1 aromatic heterocycles. The van der Waals surface area contributed by atoms with Crippen LogP contribution in [0, 0.1) is 18.3 Å². The van der Waals surface area contributed by atoms with Crippen LogP contribution in [0.4, 0.5) is 0 Å². The number of piperazine rings is 1. The summed E-state index contributed by atoms with van der Waals surface area (Å²) in [5, 5.41) is 9.60. The predicted molar refractivity (Wildman–Crippen MR) is 82.3 cm³/mol. The number of nitriles is 1. The number of hydrogen-bond acceptors (Lipinski definition) is 4. The third kappa shape index (κ3) is 2.90. The molecule has 0 amide bonds. The Balaban J connectivity index is 2.17. The molecule has 1 aliphatic heterocycles. The van der Waals surface area contributed by atoms with Crippen molar-refractivity contribution in [2.75, 3.05) is 26.2 Å². The lowest BCUT2D eigenvalue weighted by Crippen LogP contribution is -2.49. The van der Waals surface area contributed by atoms with Gasteiger partial charge in [-0.15, -0.1) is 0 Å². The average Bonchev–Trinajstić information content (AvgIpc) is 2.67. The van der Waals surface area contributed by atoms with Gasteiger partial charge >= 0.3 is 0 Å². The number of imidazole rings is 1. The average molecular weight is 340 g/mol. The van der Waals surface area contributed by atoms with Crippen LogP contribution in [-0.4, -0.2) is 51.6 Å². The van der Waals surface area contributed by atoms with Crippen LogP contribution in [0.25, 0.3) is 0 Å². The molecular formula is C14H22BrN5. The van der Waals surface area contributed by atoms with Crippen molar-refractivity contribution in [3.63, 3.8) is 0 Å². The van der Waals surface area contributed by atoms with E-state index in [1.165, 1.54) is 0 Å². The van der Waals surface area contributed by atoms with Gasteiger partial charge in [0.1, 0.15) is 16.5 Å². The second-order valence-electron chi connectivity index (χ2n) is 5.59. The van der Waals surface area contributed by atoms with Crippen LogP contribution in [0.2, 0.25) is 0 Å². The van der Waals surface area contributed by atoms with Crippen LogP contribution in [0.1, 0.15) is 31.4 Å². The Labute approximate surface area is 129 Å². The summed E-state index contributed by atoms with van der Waals surface area (Å²) in [6.45, 7) is 10.3. The maximum atomic E-state index is 9.60. The number of aromatic nitrogens is 2. The van der Waals surface area contributed by atoms with Gasteiger partial charge in [-0.1, -0.05) is 0 Å². The molecule has 1 aliphatic rings. The largest absolute Gasteiger partial charge is 0.332 e. The van der Waals surface area contributed by atoms with Crippen LogP contribution >= 0.6 is 15.9 Å². The Morgan fingerprint density at radius 3 is 2.15 bits per heavy atom. The van der Waals surface area contributed by atoms with Crippen molar-refractivity contribution in [3.05, 3.63) is 16.1 Å². The van der Waals surface area contributed by atoms with E-state index < -0.39 is 0 Å². The van der Waals surface area contributed by atoms with Crippen molar-refractivity contribution in [1.82, 2.24) is 19.4 Å². The first-order valence-corrected chi connectivity index (χ1v) is 7.81. The molecular weight excluding hydrogens is 318 g/mol. The second-order valence-corrected chi connectivity index (χ2v) is 6.34. The van der Waals surface area contributed by atoms with Crippen molar-refractivity contribution >= 4 is 15.9 Å². The highest BCUT2D eigenvalue weighted by Crippen LogP contribution is 2.28. The fourth-order valence-electron chi connectivity index (χ4n) is 2.71. The molecule has 1 unspecified atom stereocenters. The summed E-state index contributed by atoms with van der Waals surface area (Å²) >= 11 is 3.49. The number of halogens is 1. The van der Waals surface area contributed by atoms with Gasteiger partial charge in [0.25, 0.3) is 0 Å². The summed E-state index contributed by atoms with van der Waals surface area (Å²) in [5.74, 6) is 0.924. The lowest BCUT2D eigenvalue weighted by atomic mass is 10.1. The van der Waals surface area contributed by atoms with E-state index in [0.29, 0.717) is 6.04 Å². The van der Waals surface area contributed by atoms with Gasteiger partial charge in [0.2, 0.25) is 0 Å². The molecule has 2 rings (SSSR count). The van der Waals surface area contributed by atoms with E-state index in [0.717, 1.165) is 42.3 Å². The molecule has 0 N–H and O–H groups in total. The SMILES string of the molecule is Cc1nc(Br)c(C(C#N)N2CCN(C(C)C)CC2)n1C. The van der Waals surface area contributed by atoms with Crippen molar-refractivity contribution in [1.29, 1.82) is 5.26 Å². The monoisotopic (exact) mass is 339 g/mol. The molecule has 2 heterocycles. The summed E-state index contributed by atoms with van der Waals surface area (Å²) in [5.41, 5.74) is 0.961. The van der Waals surface area contributed by atoms with Crippen molar-refractivity contribution in [3.8, 4) is 6.07 Å². The number of nitrogens with zero attached hydrogens (tertiary/aromatic N) is 5. The molecule has 110 valence electrons. The topological polar surface area (TPSA) is 48.1 Å². The van der Waals surface area contributed by atoms with E-state index in [9.17, 15) is 5.26 Å². The summed E-state index contributed by atoms with van der Waals surface area (Å²) in [6, 6.07) is 2.78. The molecule has 0 spiro atoms. The Hall–Kier alpha value is -0.900. The third-order valence-electron chi connectivity index (χ3n) is 4.14. The molecule has 0 saturated carbocycles. The van der Waals surface area contributed by atoms with Gasteiger partial charge in [-0.3, -0.25) is 9.80 Å². The van der Waals surface area contributed by atoms with Crippen molar-refractivity contribution in [2.45, 2.75) is 32.9 Å². The zero-order valence-electron chi connectivity index (χ0n) is 12.6. The van der Waals surface area contributed by atoms with E-state index >= 15 is 0 Å². The Morgan fingerprint density at radius 1 is 1.20 bits per heavy atom. The minimum atomic E-state index is -0.232. The van der Waals surface area contributed by atoms with E-state index in [-0.39, 0.29) is 6.04 Å². The summed E-state index contributed by atoms with van der Waals surface area (Å²) < 4.78 is 2.79. The number of rotatable bonds is 3. The van der Waals surface area contributed by atoms with Gasteiger partial charge in [0, 0.05) is 39.3 Å². The molecule has 1 fully saturated rings. The predicted octanol–water partition coefficient (Wildman–Crippen LogP) is 2.08. The lowest BCUT2D eigenvalue weighted by molar-refractivity contribution is 0.0911. The van der Waals surface area contributed by atoms with Crippen molar-refractivity contribution in [2.24, 2.45) is 7.05 Å². The van der Waals surface area contributed by atoms with Gasteiger partial charge in [0.05, 0.1) is 11.8 Å². The standard InChI is InChI=1S/C14H22BrN5/c1-10(2)19-5-7-20(8-6-19)12(9-16)13-14(15)17-11(3)18(13)4/h10,12H,5-8H2,1-4H3. The first kappa shape index (κ1) is 15.5. The van der Waals surface area contributed by atoms with Crippen LogP contribution in [0.3, 0.4) is 0 Å². The molecule has 6 heteroatoms. The van der Waals surface area contributed by atoms with E-state index in [4.69, 9.17) is 0 Å². The molecule has 0 aliphatic carbocycles. The molecule has 1 saturated heterocycles. The summed E-state index contributed by atoms with van der Waals surface area (Å²) in [6.07, 6.45) is 0. The highest BCUT2D eigenvalue weighted by molar-refractivity contribution is 9.10. The maximum Gasteiger partial charge on any atom is 0.141 e. The van der Waals surface area contributed by atoms with E-state index in [2.05, 4.69) is 50.6 Å². The molecule has 20 heavy (non-hydrogen) atoms. The zero-order chi connectivity index (χ0) is 14.9. The Bertz CT molecular complexity index is 508. The van der Waals surface area contributed by atoms with E-state index in [1.807, 2.05) is 18.5 Å². The minimum absolute atomic E-state index is 0.232. The molecule has 5 nitrogen and oxygen atoms in total. The summed E-state index contributed by atoms with van der Waals surface area (Å²) in [4.78, 5) is 9.11. The quantitative estimate of drug-likeness (QED) is 0.845. The fourth-order valence-corrected chi connectivity index (χ4v) is 3.45. The van der Waals surface area contributed by atoms with Crippen LogP contribution in [-0.2, 0) is 7.05 Å². The second kappa shape index (κ2) is 6.25. The lowest BCUT2D eigenvalue weighted by Gasteiger charge is -2.38. The van der Waals surface area contributed by atoms with Crippen molar-refractivity contribution < 1.29 is 0 Å². The smallest absolute Gasteiger partial charge is 0.141 e.